The SMILES string of the molecule is C1=Cc2oc3cc(-c4cc(-c5ccccc5)nc(-c5ccc6c(c5)c5cccc7oc8cc(-c9ccccc9)cc6c8c75)n4)ccc3c2CCC1. The average molecular weight is 655 g/mol. The molecule has 0 spiro atoms. The molecule has 10 aromatic rings. The van der Waals surface area contributed by atoms with E-state index in [2.05, 4.69) is 140 Å². The first kappa shape index (κ1) is 28.3. The van der Waals surface area contributed by atoms with Crippen LogP contribution in [0.2, 0.25) is 0 Å². The molecule has 3 aromatic heterocycles. The molecule has 3 heterocycles. The van der Waals surface area contributed by atoms with Crippen LogP contribution in [0.5, 0.6) is 0 Å². The highest BCUT2D eigenvalue weighted by Crippen LogP contribution is 2.45. The van der Waals surface area contributed by atoms with Gasteiger partial charge in [0.1, 0.15) is 22.5 Å². The van der Waals surface area contributed by atoms with Gasteiger partial charge in [-0.3, -0.25) is 0 Å². The van der Waals surface area contributed by atoms with Crippen LogP contribution in [0.4, 0.5) is 0 Å². The van der Waals surface area contributed by atoms with Crippen LogP contribution in [0, 0.1) is 0 Å². The highest BCUT2D eigenvalue weighted by atomic mass is 16.3. The molecule has 0 unspecified atom stereocenters. The van der Waals surface area contributed by atoms with Crippen molar-refractivity contribution >= 4 is 60.5 Å². The molecule has 51 heavy (non-hydrogen) atoms. The maximum Gasteiger partial charge on any atom is 0.160 e. The van der Waals surface area contributed by atoms with Gasteiger partial charge in [-0.2, -0.15) is 0 Å². The highest BCUT2D eigenvalue weighted by molar-refractivity contribution is 6.33. The zero-order valence-electron chi connectivity index (χ0n) is 27.7. The molecule has 0 bridgehead atoms. The van der Waals surface area contributed by atoms with E-state index in [9.17, 15) is 0 Å². The Morgan fingerprint density at radius 3 is 2.04 bits per heavy atom. The molecule has 0 N–H and O–H groups in total. The third-order valence-corrected chi connectivity index (χ3v) is 10.5. The molecule has 4 nitrogen and oxygen atoms in total. The van der Waals surface area contributed by atoms with E-state index in [-0.39, 0.29) is 0 Å². The number of aryl methyl sites for hydroxylation is 1. The Bertz CT molecular complexity index is 2990. The van der Waals surface area contributed by atoms with Crippen LogP contribution in [0.15, 0.2) is 148 Å². The summed E-state index contributed by atoms with van der Waals surface area (Å²) < 4.78 is 12.9. The monoisotopic (exact) mass is 654 g/mol. The summed E-state index contributed by atoms with van der Waals surface area (Å²) in [6, 6.07) is 47.0. The Labute approximate surface area is 293 Å². The fourth-order valence-electron chi connectivity index (χ4n) is 8.11. The summed E-state index contributed by atoms with van der Waals surface area (Å²) in [5, 5.41) is 8.20. The van der Waals surface area contributed by atoms with Crippen LogP contribution in [0.1, 0.15) is 24.2 Å². The van der Waals surface area contributed by atoms with E-state index < -0.39 is 0 Å². The van der Waals surface area contributed by atoms with Gasteiger partial charge in [0, 0.05) is 38.4 Å². The number of aromatic nitrogens is 2. The normalized spacial score (nSPS) is 13.2. The predicted octanol–water partition coefficient (Wildman–Crippen LogP) is 12.9. The fraction of sp³-hybridized carbons (Fsp3) is 0.0638. The summed E-state index contributed by atoms with van der Waals surface area (Å²) in [6.45, 7) is 0. The van der Waals surface area contributed by atoms with Crippen LogP contribution >= 0.6 is 0 Å². The van der Waals surface area contributed by atoms with Gasteiger partial charge in [0.15, 0.2) is 5.82 Å². The van der Waals surface area contributed by atoms with Crippen LogP contribution in [0.25, 0.3) is 106 Å². The average Bonchev–Trinajstić information content (AvgIpc) is 3.66. The van der Waals surface area contributed by atoms with Gasteiger partial charge >= 0.3 is 0 Å². The van der Waals surface area contributed by atoms with E-state index >= 15 is 0 Å². The molecule has 0 radical (unpaired) electrons. The topological polar surface area (TPSA) is 52.1 Å². The number of fused-ring (bicyclic) bond motifs is 6. The third-order valence-electron chi connectivity index (χ3n) is 10.5. The number of benzene rings is 7. The van der Waals surface area contributed by atoms with Gasteiger partial charge in [0.2, 0.25) is 0 Å². The van der Waals surface area contributed by atoms with Gasteiger partial charge < -0.3 is 8.83 Å². The maximum absolute atomic E-state index is 6.52. The van der Waals surface area contributed by atoms with E-state index in [0.717, 1.165) is 86.2 Å². The minimum Gasteiger partial charge on any atom is -0.456 e. The van der Waals surface area contributed by atoms with Crippen LogP contribution < -0.4 is 0 Å². The molecule has 240 valence electrons. The molecule has 0 aliphatic heterocycles. The number of nitrogens with zero attached hydrogens (tertiary/aromatic N) is 2. The summed E-state index contributed by atoms with van der Waals surface area (Å²) in [4.78, 5) is 10.4. The van der Waals surface area contributed by atoms with E-state index in [1.54, 1.807) is 0 Å². The second-order valence-electron chi connectivity index (χ2n) is 13.6. The molecule has 1 aliphatic rings. The van der Waals surface area contributed by atoms with Gasteiger partial charge in [-0.25, -0.2) is 9.97 Å². The Hall–Kier alpha value is -6.52. The summed E-state index contributed by atoms with van der Waals surface area (Å²) in [5.41, 5.74) is 11.1. The van der Waals surface area contributed by atoms with Crippen LogP contribution in [-0.4, -0.2) is 9.97 Å². The van der Waals surface area contributed by atoms with Crippen molar-refractivity contribution in [3.05, 3.63) is 151 Å². The predicted molar refractivity (Wildman–Crippen MR) is 209 cm³/mol. The Morgan fingerprint density at radius 2 is 1.18 bits per heavy atom. The Balaban J connectivity index is 1.13. The van der Waals surface area contributed by atoms with Crippen LogP contribution in [-0.2, 0) is 6.42 Å². The van der Waals surface area contributed by atoms with Gasteiger partial charge in [-0.15, -0.1) is 0 Å². The van der Waals surface area contributed by atoms with Crippen molar-refractivity contribution in [1.29, 1.82) is 0 Å². The Morgan fingerprint density at radius 1 is 0.451 bits per heavy atom. The van der Waals surface area contributed by atoms with Crippen molar-refractivity contribution in [2.45, 2.75) is 19.3 Å². The quantitative estimate of drug-likeness (QED) is 0.177. The van der Waals surface area contributed by atoms with Crippen molar-refractivity contribution in [2.75, 3.05) is 0 Å². The fourth-order valence-corrected chi connectivity index (χ4v) is 8.11. The molecule has 0 saturated heterocycles. The minimum absolute atomic E-state index is 0.681. The van der Waals surface area contributed by atoms with Gasteiger partial charge in [-0.1, -0.05) is 103 Å². The standard InChI is InChI=1S/C47H30N2O2/c1-4-11-28(12-5-1)32-24-38-33-21-20-31(23-37(33)36-16-10-18-42-45(36)46(38)44(26-32)51-42)47-48-39(29-13-6-2-7-14-29)27-40(49-47)30-19-22-35-34-15-8-3-9-17-41(34)50-43(35)25-30/h1-2,4-7,9-14,16-27H,3,8,15H2. The van der Waals surface area contributed by atoms with Gasteiger partial charge in [-0.05, 0) is 94.4 Å². The van der Waals surface area contributed by atoms with E-state index in [0.29, 0.717) is 5.82 Å². The lowest BCUT2D eigenvalue weighted by atomic mass is 9.91. The second-order valence-corrected chi connectivity index (χ2v) is 13.6. The number of furan rings is 2. The highest BCUT2D eigenvalue weighted by Gasteiger charge is 2.21. The molecule has 0 amide bonds. The summed E-state index contributed by atoms with van der Waals surface area (Å²) in [5.74, 6) is 1.66. The third kappa shape index (κ3) is 4.46. The molecule has 0 fully saturated rings. The number of hydrogen-bond donors (Lipinski definition) is 0. The van der Waals surface area contributed by atoms with Crippen LogP contribution in [0.3, 0.4) is 0 Å². The second kappa shape index (κ2) is 11.0. The van der Waals surface area contributed by atoms with Gasteiger partial charge in [0.05, 0.1) is 11.4 Å². The van der Waals surface area contributed by atoms with Crippen molar-refractivity contribution in [1.82, 2.24) is 9.97 Å². The molecule has 0 atom stereocenters. The smallest absolute Gasteiger partial charge is 0.160 e. The number of rotatable bonds is 4. The zero-order chi connectivity index (χ0) is 33.5. The van der Waals surface area contributed by atoms with Crippen molar-refractivity contribution < 1.29 is 8.83 Å². The van der Waals surface area contributed by atoms with E-state index in [4.69, 9.17) is 18.8 Å². The van der Waals surface area contributed by atoms with Gasteiger partial charge in [0.25, 0.3) is 0 Å². The lowest BCUT2D eigenvalue weighted by molar-refractivity contribution is 0.599. The molecule has 0 saturated carbocycles. The molecule has 1 aliphatic carbocycles. The van der Waals surface area contributed by atoms with Crippen molar-refractivity contribution in [3.63, 3.8) is 0 Å². The number of allylic oxidation sites excluding steroid dienone is 1. The molecular formula is C47H30N2O2. The van der Waals surface area contributed by atoms with Crippen molar-refractivity contribution in [3.8, 4) is 45.0 Å². The first-order valence-electron chi connectivity index (χ1n) is 17.6. The summed E-state index contributed by atoms with van der Waals surface area (Å²) in [7, 11) is 0. The van der Waals surface area contributed by atoms with E-state index in [1.807, 2.05) is 6.07 Å². The summed E-state index contributed by atoms with van der Waals surface area (Å²) >= 11 is 0. The molecule has 11 rings (SSSR count). The first-order chi connectivity index (χ1) is 25.2. The largest absolute Gasteiger partial charge is 0.456 e. The molecular weight excluding hydrogens is 625 g/mol. The lowest BCUT2D eigenvalue weighted by Crippen LogP contribution is -1.96. The van der Waals surface area contributed by atoms with E-state index in [1.165, 1.54) is 38.1 Å². The first-order valence-corrected chi connectivity index (χ1v) is 17.6. The number of hydrogen-bond acceptors (Lipinski definition) is 4. The lowest BCUT2D eigenvalue weighted by Gasteiger charge is -2.13. The zero-order valence-corrected chi connectivity index (χ0v) is 27.7. The minimum atomic E-state index is 0.681. The maximum atomic E-state index is 6.52. The molecule has 7 aromatic carbocycles. The summed E-state index contributed by atoms with van der Waals surface area (Å²) in [6.07, 6.45) is 7.59. The Kier molecular flexibility index (Phi) is 6.11. The van der Waals surface area contributed by atoms with Crippen molar-refractivity contribution in [2.24, 2.45) is 0 Å². The molecule has 4 heteroatoms.